The smallest absolute Gasteiger partial charge is 0.253 e. The topological polar surface area (TPSA) is 92.2 Å². The van der Waals surface area contributed by atoms with Gasteiger partial charge < -0.3 is 14.6 Å². The fourth-order valence-corrected chi connectivity index (χ4v) is 5.87. The molecule has 1 N–H and O–H groups in total. The standard InChI is InChI=1S/C28H33N7O2/c1-37-23-13-12-20-18-24(28(36)29-25(20)19-23)26(27-30-31-32-35(27)22-10-6-3-7-11-22)34-16-14-33(15-17-34)21-8-4-2-5-9-21/h2,4-5,8-9,12-13,18-19,22,26H,3,6-7,10-11,14-17H2,1H3,(H,29,36). The molecule has 2 aromatic carbocycles. The van der Waals surface area contributed by atoms with Crippen LogP contribution in [0, 0.1) is 0 Å². The second kappa shape index (κ2) is 10.3. The van der Waals surface area contributed by atoms with Crippen molar-refractivity contribution >= 4 is 16.6 Å². The van der Waals surface area contributed by atoms with Gasteiger partial charge in [-0.15, -0.1) is 5.10 Å². The van der Waals surface area contributed by atoms with E-state index >= 15 is 0 Å². The van der Waals surface area contributed by atoms with E-state index in [0.29, 0.717) is 11.3 Å². The number of aromatic amines is 1. The van der Waals surface area contributed by atoms with E-state index < -0.39 is 0 Å². The lowest BCUT2D eigenvalue weighted by molar-refractivity contribution is 0.192. The molecule has 3 heterocycles. The Morgan fingerprint density at radius 3 is 2.51 bits per heavy atom. The number of ether oxygens (including phenoxy) is 1. The summed E-state index contributed by atoms with van der Waals surface area (Å²) >= 11 is 0. The quantitative estimate of drug-likeness (QED) is 0.430. The summed E-state index contributed by atoms with van der Waals surface area (Å²) in [5.74, 6) is 1.48. The predicted molar refractivity (Wildman–Crippen MR) is 143 cm³/mol. The molecular formula is C28H33N7O2. The molecule has 9 nitrogen and oxygen atoms in total. The first-order chi connectivity index (χ1) is 18.2. The Labute approximate surface area is 216 Å². The maximum Gasteiger partial charge on any atom is 0.253 e. The number of hydrogen-bond acceptors (Lipinski definition) is 7. The van der Waals surface area contributed by atoms with E-state index in [1.807, 2.05) is 35.0 Å². The van der Waals surface area contributed by atoms with Crippen molar-refractivity contribution in [2.75, 3.05) is 38.2 Å². The maximum atomic E-state index is 13.6. The van der Waals surface area contributed by atoms with E-state index in [2.05, 4.69) is 54.6 Å². The van der Waals surface area contributed by atoms with E-state index in [9.17, 15) is 4.79 Å². The normalized spacial score (nSPS) is 18.2. The average molecular weight is 500 g/mol. The van der Waals surface area contributed by atoms with Crippen molar-refractivity contribution in [3.63, 3.8) is 0 Å². The van der Waals surface area contributed by atoms with E-state index in [1.165, 1.54) is 24.9 Å². The molecule has 1 unspecified atom stereocenters. The first-order valence-corrected chi connectivity index (χ1v) is 13.2. The molecule has 0 amide bonds. The number of nitrogens with one attached hydrogen (secondary N) is 1. The third-order valence-corrected chi connectivity index (χ3v) is 7.86. The van der Waals surface area contributed by atoms with Gasteiger partial charge in [-0.3, -0.25) is 9.69 Å². The van der Waals surface area contributed by atoms with Crippen molar-refractivity contribution in [1.82, 2.24) is 30.1 Å². The number of anilines is 1. The number of pyridine rings is 1. The molecule has 1 saturated carbocycles. The number of aromatic nitrogens is 5. The van der Waals surface area contributed by atoms with Gasteiger partial charge in [0.15, 0.2) is 5.82 Å². The molecular weight excluding hydrogens is 466 g/mol. The number of hydrogen-bond donors (Lipinski definition) is 1. The van der Waals surface area contributed by atoms with E-state index in [0.717, 1.165) is 55.7 Å². The molecule has 2 fully saturated rings. The number of piperazine rings is 1. The fourth-order valence-electron chi connectivity index (χ4n) is 5.87. The van der Waals surface area contributed by atoms with Crippen LogP contribution >= 0.6 is 0 Å². The lowest BCUT2D eigenvalue weighted by Crippen LogP contribution is -2.49. The minimum Gasteiger partial charge on any atom is -0.497 e. The zero-order valence-corrected chi connectivity index (χ0v) is 21.2. The Morgan fingerprint density at radius 2 is 1.76 bits per heavy atom. The molecule has 192 valence electrons. The Bertz CT molecular complexity index is 1400. The summed E-state index contributed by atoms with van der Waals surface area (Å²) in [4.78, 5) is 21.4. The Kier molecular flexibility index (Phi) is 6.61. The molecule has 2 aliphatic rings. The summed E-state index contributed by atoms with van der Waals surface area (Å²) in [7, 11) is 1.63. The number of benzene rings is 2. The number of tetrazole rings is 1. The van der Waals surface area contributed by atoms with Crippen molar-refractivity contribution in [1.29, 1.82) is 0 Å². The van der Waals surface area contributed by atoms with Crippen molar-refractivity contribution in [2.24, 2.45) is 0 Å². The summed E-state index contributed by atoms with van der Waals surface area (Å²) < 4.78 is 7.36. The largest absolute Gasteiger partial charge is 0.497 e. The number of rotatable bonds is 6. The van der Waals surface area contributed by atoms with Gasteiger partial charge in [-0.05, 0) is 59.0 Å². The van der Waals surface area contributed by atoms with Gasteiger partial charge in [0, 0.05) is 43.5 Å². The van der Waals surface area contributed by atoms with Gasteiger partial charge >= 0.3 is 0 Å². The second-order valence-electron chi connectivity index (χ2n) is 10.0. The second-order valence-corrected chi connectivity index (χ2v) is 10.0. The molecule has 0 radical (unpaired) electrons. The van der Waals surface area contributed by atoms with Crippen molar-refractivity contribution < 1.29 is 4.74 Å². The van der Waals surface area contributed by atoms with Gasteiger partial charge in [0.05, 0.1) is 18.7 Å². The van der Waals surface area contributed by atoms with Crippen molar-refractivity contribution in [2.45, 2.75) is 44.2 Å². The summed E-state index contributed by atoms with van der Waals surface area (Å²) in [5.41, 5.74) is 2.54. The Balaban J connectivity index is 1.39. The number of nitrogens with zero attached hydrogens (tertiary/aromatic N) is 6. The lowest BCUT2D eigenvalue weighted by Gasteiger charge is -2.40. The van der Waals surface area contributed by atoms with Crippen molar-refractivity contribution in [3.8, 4) is 5.75 Å². The van der Waals surface area contributed by atoms with Crippen LogP contribution in [0.3, 0.4) is 0 Å². The van der Waals surface area contributed by atoms with Gasteiger partial charge in [0.2, 0.25) is 0 Å². The summed E-state index contributed by atoms with van der Waals surface area (Å²) in [6, 6.07) is 18.2. The highest BCUT2D eigenvalue weighted by Gasteiger charge is 2.34. The Morgan fingerprint density at radius 1 is 0.973 bits per heavy atom. The van der Waals surface area contributed by atoms with Crippen LogP contribution in [-0.4, -0.2) is 63.4 Å². The SMILES string of the molecule is COc1ccc2cc(C(c3nnnn3C3CCCCC3)N3CCN(c4ccccc4)CC3)c(=O)[nH]c2c1. The van der Waals surface area contributed by atoms with E-state index in [1.54, 1.807) is 7.11 Å². The highest BCUT2D eigenvalue weighted by Crippen LogP contribution is 2.34. The summed E-state index contributed by atoms with van der Waals surface area (Å²) in [6.07, 6.45) is 5.76. The number of H-pyrrole nitrogens is 1. The number of para-hydroxylation sites is 1. The first kappa shape index (κ1) is 23.7. The van der Waals surface area contributed by atoms with Gasteiger partial charge in [-0.25, -0.2) is 4.68 Å². The van der Waals surface area contributed by atoms with Gasteiger partial charge in [0.25, 0.3) is 5.56 Å². The lowest BCUT2D eigenvalue weighted by atomic mass is 9.95. The van der Waals surface area contributed by atoms with Crippen LogP contribution in [-0.2, 0) is 0 Å². The van der Waals surface area contributed by atoms with Gasteiger partial charge in [-0.1, -0.05) is 37.5 Å². The molecule has 1 saturated heterocycles. The molecule has 1 aliphatic carbocycles. The zero-order valence-electron chi connectivity index (χ0n) is 21.2. The molecule has 6 rings (SSSR count). The minimum absolute atomic E-state index is 0.116. The number of methoxy groups -OCH3 is 1. The van der Waals surface area contributed by atoms with Crippen LogP contribution in [0.1, 0.15) is 55.6 Å². The van der Waals surface area contributed by atoms with Gasteiger partial charge in [-0.2, -0.15) is 0 Å². The molecule has 2 aromatic heterocycles. The highest BCUT2D eigenvalue weighted by atomic mass is 16.5. The Hall–Kier alpha value is -3.72. The van der Waals surface area contributed by atoms with E-state index in [4.69, 9.17) is 4.74 Å². The summed E-state index contributed by atoms with van der Waals surface area (Å²) in [5, 5.41) is 14.1. The van der Waals surface area contributed by atoms with Crippen LogP contribution in [0.15, 0.2) is 59.4 Å². The monoisotopic (exact) mass is 499 g/mol. The van der Waals surface area contributed by atoms with Crippen LogP contribution < -0.4 is 15.2 Å². The van der Waals surface area contributed by atoms with Crippen LogP contribution in [0.4, 0.5) is 5.69 Å². The molecule has 37 heavy (non-hydrogen) atoms. The van der Waals surface area contributed by atoms with Crippen LogP contribution in [0.25, 0.3) is 10.9 Å². The minimum atomic E-state index is -0.329. The molecule has 0 bridgehead atoms. The van der Waals surface area contributed by atoms with Crippen LogP contribution in [0.5, 0.6) is 5.75 Å². The van der Waals surface area contributed by atoms with Crippen LogP contribution in [0.2, 0.25) is 0 Å². The van der Waals surface area contributed by atoms with Crippen molar-refractivity contribution in [3.05, 3.63) is 76.3 Å². The molecule has 9 heteroatoms. The highest BCUT2D eigenvalue weighted by molar-refractivity contribution is 5.80. The molecule has 0 spiro atoms. The molecule has 1 aliphatic heterocycles. The molecule has 4 aromatic rings. The number of fused-ring (bicyclic) bond motifs is 1. The summed E-state index contributed by atoms with van der Waals surface area (Å²) in [6.45, 7) is 3.34. The maximum absolute atomic E-state index is 13.6. The average Bonchev–Trinajstić information content (AvgIpc) is 3.44. The van der Waals surface area contributed by atoms with E-state index in [-0.39, 0.29) is 17.6 Å². The van der Waals surface area contributed by atoms with Gasteiger partial charge in [0.1, 0.15) is 11.8 Å². The fraction of sp³-hybridized carbons (Fsp3) is 0.429. The predicted octanol–water partition coefficient (Wildman–Crippen LogP) is 3.94. The third-order valence-electron chi connectivity index (χ3n) is 7.86. The third kappa shape index (κ3) is 4.71. The first-order valence-electron chi connectivity index (χ1n) is 13.2. The molecule has 1 atom stereocenters. The zero-order chi connectivity index (χ0) is 25.2.